The van der Waals surface area contributed by atoms with Crippen molar-refractivity contribution in [2.45, 2.75) is 26.8 Å². The van der Waals surface area contributed by atoms with E-state index in [2.05, 4.69) is 12.5 Å². The molecule has 1 aliphatic rings. The zero-order chi connectivity index (χ0) is 12.6. The molecule has 0 N–H and O–H groups in total. The molecule has 18 heavy (non-hydrogen) atoms. The first-order valence-corrected chi connectivity index (χ1v) is 5.90. The van der Waals surface area contributed by atoms with Crippen molar-refractivity contribution < 1.29 is 27.3 Å². The molecule has 0 amide bonds. The molecule has 3 nitrogen and oxygen atoms in total. The van der Waals surface area contributed by atoms with Gasteiger partial charge in [-0.1, -0.05) is 6.08 Å². The fraction of sp³-hybridized carbons (Fsp3) is 0.357. The van der Waals surface area contributed by atoms with Gasteiger partial charge >= 0.3 is 33.0 Å². The quantitative estimate of drug-likeness (QED) is 0.599. The number of rotatable bonds is 2. The Morgan fingerprint density at radius 2 is 2.00 bits per heavy atom. The van der Waals surface area contributed by atoms with Crippen molar-refractivity contribution in [3.8, 4) is 0 Å². The fourth-order valence-corrected chi connectivity index (χ4v) is 2.13. The molecule has 0 saturated carbocycles. The average molecular weight is 343 g/mol. The third kappa shape index (κ3) is 2.46. The van der Waals surface area contributed by atoms with Crippen molar-refractivity contribution in [3.05, 3.63) is 46.4 Å². The molecule has 1 aliphatic carbocycles. The van der Waals surface area contributed by atoms with E-state index in [0.29, 0.717) is 0 Å². The molecular formula is C14H18CdN2O. The van der Waals surface area contributed by atoms with Crippen LogP contribution in [0.2, 0.25) is 0 Å². The first-order valence-electron chi connectivity index (χ1n) is 5.90. The van der Waals surface area contributed by atoms with Gasteiger partial charge in [0.25, 0.3) is 0 Å². The van der Waals surface area contributed by atoms with Crippen LogP contribution in [0.15, 0.2) is 16.4 Å². The number of hydrogen-bond acceptors (Lipinski definition) is 1. The second-order valence-corrected chi connectivity index (χ2v) is 4.53. The largest absolute Gasteiger partial charge is 2.00 e. The number of allylic oxidation sites excluding steroid dienone is 2. The minimum absolute atomic E-state index is 0. The van der Waals surface area contributed by atoms with Gasteiger partial charge in [-0.05, 0) is 19.5 Å². The Morgan fingerprint density at radius 1 is 1.33 bits per heavy atom. The van der Waals surface area contributed by atoms with Crippen LogP contribution in [0.5, 0.6) is 0 Å². The van der Waals surface area contributed by atoms with Crippen LogP contribution in [0.25, 0.3) is 12.2 Å². The average Bonchev–Trinajstić information content (AvgIpc) is 2.46. The van der Waals surface area contributed by atoms with Crippen LogP contribution in [-0.4, -0.2) is 9.13 Å². The van der Waals surface area contributed by atoms with Gasteiger partial charge in [0.1, 0.15) is 0 Å². The van der Waals surface area contributed by atoms with E-state index in [-0.39, 0.29) is 39.0 Å². The predicted molar refractivity (Wildman–Crippen MR) is 71.3 cm³/mol. The standard InChI is InChI=1S/C14H18N2O.Cd/c1-5-11-7-6-8-12-13(9-11)15(4)14(17)16(12)10(2)3;/h5-10H,1-4H3;/q-2;+2. The molecular weight excluding hydrogens is 325 g/mol. The Balaban J connectivity index is 0.00000162. The summed E-state index contributed by atoms with van der Waals surface area (Å²) in [7, 11) is 1.82. The molecule has 92 valence electrons. The van der Waals surface area contributed by atoms with E-state index in [0.717, 1.165) is 17.0 Å². The predicted octanol–water partition coefficient (Wildman–Crippen LogP) is 2.60. The first kappa shape index (κ1) is 15.2. The van der Waals surface area contributed by atoms with Crippen molar-refractivity contribution in [1.29, 1.82) is 0 Å². The Hall–Kier alpha value is -0.848. The number of nitrogens with zero attached hydrogens (tertiary/aromatic N) is 2. The minimum atomic E-state index is 0. The summed E-state index contributed by atoms with van der Waals surface area (Å²) in [6.45, 7) is 6.06. The van der Waals surface area contributed by atoms with E-state index in [4.69, 9.17) is 0 Å². The minimum Gasteiger partial charge on any atom is -0.354 e. The van der Waals surface area contributed by atoms with E-state index in [9.17, 15) is 4.79 Å². The fourth-order valence-electron chi connectivity index (χ4n) is 2.13. The molecule has 1 heterocycles. The van der Waals surface area contributed by atoms with Gasteiger partial charge in [-0.3, -0.25) is 17.1 Å². The van der Waals surface area contributed by atoms with Crippen LogP contribution < -0.4 is 5.69 Å². The summed E-state index contributed by atoms with van der Waals surface area (Å²) < 4.78 is 3.54. The zero-order valence-electron chi connectivity index (χ0n) is 11.5. The number of fused-ring (bicyclic) bond motifs is 1. The molecule has 0 saturated heterocycles. The molecule has 4 heteroatoms. The van der Waals surface area contributed by atoms with Gasteiger partial charge in [0.05, 0.1) is 0 Å². The van der Waals surface area contributed by atoms with E-state index >= 15 is 0 Å². The topological polar surface area (TPSA) is 26.9 Å². The number of hydrogen-bond donors (Lipinski definition) is 0. The molecule has 0 spiro atoms. The van der Waals surface area contributed by atoms with E-state index in [1.807, 2.05) is 51.0 Å². The van der Waals surface area contributed by atoms with Crippen LogP contribution >= 0.6 is 0 Å². The van der Waals surface area contributed by atoms with Crippen LogP contribution in [0, 0.1) is 12.8 Å². The molecule has 2 rings (SSSR count). The van der Waals surface area contributed by atoms with Gasteiger partial charge in [0.15, 0.2) is 0 Å². The van der Waals surface area contributed by atoms with Crippen LogP contribution in [0.3, 0.4) is 0 Å². The Kier molecular flexibility index (Phi) is 4.95. The molecule has 0 bridgehead atoms. The molecule has 0 fully saturated rings. The maximum atomic E-state index is 12.1. The summed E-state index contributed by atoms with van der Waals surface area (Å²) >= 11 is 0. The van der Waals surface area contributed by atoms with Crippen molar-refractivity contribution in [3.63, 3.8) is 0 Å². The monoisotopic (exact) mass is 344 g/mol. The Labute approximate surface area is 128 Å². The second-order valence-electron chi connectivity index (χ2n) is 4.53. The van der Waals surface area contributed by atoms with Crippen LogP contribution in [-0.2, 0) is 34.3 Å². The number of aromatic nitrogens is 2. The normalized spacial score (nSPS) is 13.3. The smallest absolute Gasteiger partial charge is 0.354 e. The molecule has 0 radical (unpaired) electrons. The van der Waals surface area contributed by atoms with Crippen molar-refractivity contribution in [1.82, 2.24) is 9.13 Å². The first-order chi connectivity index (χ1) is 8.06. The molecule has 0 aromatic carbocycles. The van der Waals surface area contributed by atoms with Crippen molar-refractivity contribution >= 4 is 12.2 Å². The molecule has 1 aromatic rings. The van der Waals surface area contributed by atoms with Crippen LogP contribution in [0.4, 0.5) is 0 Å². The van der Waals surface area contributed by atoms with Gasteiger partial charge in [-0.15, -0.1) is 6.92 Å². The molecule has 0 atom stereocenters. The molecule has 1 aromatic heterocycles. The maximum Gasteiger partial charge on any atom is 2.00 e. The third-order valence-corrected chi connectivity index (χ3v) is 3.07. The summed E-state index contributed by atoms with van der Waals surface area (Å²) in [5.41, 5.74) is 3.13. The maximum absolute atomic E-state index is 12.1. The zero-order valence-corrected chi connectivity index (χ0v) is 15.5. The van der Waals surface area contributed by atoms with Gasteiger partial charge in [-0.2, -0.15) is 6.08 Å². The third-order valence-electron chi connectivity index (χ3n) is 3.07. The SMILES string of the molecule is C[CH-]C1=Cc2c(n(C(C)C)c(=O)n2C)C=C[CH-]1.[Cd+2]. The van der Waals surface area contributed by atoms with Gasteiger partial charge in [0, 0.05) is 18.8 Å². The Morgan fingerprint density at radius 3 is 2.56 bits per heavy atom. The molecule has 0 aliphatic heterocycles. The Bertz CT molecular complexity index is 547. The summed E-state index contributed by atoms with van der Waals surface area (Å²) in [5.74, 6) is 0. The van der Waals surface area contributed by atoms with Crippen molar-refractivity contribution in [2.24, 2.45) is 7.05 Å². The van der Waals surface area contributed by atoms with E-state index < -0.39 is 0 Å². The summed E-state index contributed by atoms with van der Waals surface area (Å²) in [6.07, 6.45) is 10.1. The van der Waals surface area contributed by atoms with Gasteiger partial charge in [-0.25, -0.2) is 4.79 Å². The number of imidazole rings is 1. The van der Waals surface area contributed by atoms with Gasteiger partial charge < -0.3 is 16.6 Å². The summed E-state index contributed by atoms with van der Waals surface area (Å²) in [6, 6.07) is 0.169. The van der Waals surface area contributed by atoms with E-state index in [1.54, 1.807) is 4.57 Å². The van der Waals surface area contributed by atoms with Crippen molar-refractivity contribution in [2.75, 3.05) is 0 Å². The van der Waals surface area contributed by atoms with E-state index in [1.165, 1.54) is 0 Å². The summed E-state index contributed by atoms with van der Waals surface area (Å²) in [4.78, 5) is 12.1. The van der Waals surface area contributed by atoms with Gasteiger partial charge in [0.2, 0.25) is 0 Å². The summed E-state index contributed by atoms with van der Waals surface area (Å²) in [5, 5.41) is 0. The second kappa shape index (κ2) is 5.86. The van der Waals surface area contributed by atoms with Crippen LogP contribution in [0.1, 0.15) is 38.2 Å². The molecule has 0 unspecified atom stereocenters.